The molecule has 0 saturated heterocycles. The van der Waals surface area contributed by atoms with Crippen LogP contribution in [0.3, 0.4) is 0 Å². The largest absolute Gasteiger partial charge is 0.497 e. The minimum absolute atomic E-state index is 0.303. The minimum atomic E-state index is -0.590. The Hall–Kier alpha value is -3.51. The Morgan fingerprint density at radius 1 is 0.966 bits per heavy atom. The van der Waals surface area contributed by atoms with Gasteiger partial charge in [0.05, 0.1) is 7.11 Å². The van der Waals surface area contributed by atoms with Crippen LogP contribution in [0.4, 0.5) is 4.39 Å². The van der Waals surface area contributed by atoms with Gasteiger partial charge >= 0.3 is 0 Å². The molecule has 1 aromatic heterocycles. The molecule has 0 saturated carbocycles. The maximum Gasteiger partial charge on any atom is 0.247 e. The highest BCUT2D eigenvalue weighted by molar-refractivity contribution is 5.51. The second kappa shape index (κ2) is 8.67. The van der Waals surface area contributed by atoms with Crippen molar-refractivity contribution in [2.45, 2.75) is 12.6 Å². The van der Waals surface area contributed by atoms with E-state index >= 15 is 0 Å². The van der Waals surface area contributed by atoms with Crippen LogP contribution in [0.15, 0.2) is 83.3 Å². The van der Waals surface area contributed by atoms with Crippen molar-refractivity contribution in [3.05, 3.63) is 102 Å². The van der Waals surface area contributed by atoms with E-state index < -0.39 is 6.04 Å². The van der Waals surface area contributed by atoms with Crippen molar-refractivity contribution in [3.8, 4) is 17.2 Å². The normalized spacial score (nSPS) is 11.9. The fourth-order valence-corrected chi connectivity index (χ4v) is 3.09. The molecular weight excluding hydrogens is 369 g/mol. The zero-order valence-electron chi connectivity index (χ0n) is 15.9. The Kier molecular flexibility index (Phi) is 5.63. The lowest BCUT2D eigenvalue weighted by atomic mass is 10.1. The molecule has 29 heavy (non-hydrogen) atoms. The molecule has 4 rings (SSSR count). The van der Waals surface area contributed by atoms with Gasteiger partial charge in [-0.15, -0.1) is 10.2 Å². The standard InChI is InChI=1S/C23H20FN3O2/c1-28-18-11-7-8-16(14-18)15-25-21(19-12-5-6-13-20(19)24)23-27-26-22(29-23)17-9-3-2-4-10-17/h2-14,21,25H,15H2,1H3/t21-/m0/s1. The van der Waals surface area contributed by atoms with Crippen molar-refractivity contribution in [3.63, 3.8) is 0 Å². The van der Waals surface area contributed by atoms with Gasteiger partial charge in [0.2, 0.25) is 11.8 Å². The smallest absolute Gasteiger partial charge is 0.247 e. The molecule has 5 nitrogen and oxygen atoms in total. The number of rotatable bonds is 7. The summed E-state index contributed by atoms with van der Waals surface area (Å²) in [5, 5.41) is 11.7. The van der Waals surface area contributed by atoms with Crippen LogP contribution >= 0.6 is 0 Å². The predicted octanol–water partition coefficient (Wildman–Crippen LogP) is 4.76. The predicted molar refractivity (Wildman–Crippen MR) is 108 cm³/mol. The van der Waals surface area contributed by atoms with Crippen LogP contribution in [0.2, 0.25) is 0 Å². The quantitative estimate of drug-likeness (QED) is 0.494. The highest BCUT2D eigenvalue weighted by atomic mass is 19.1. The molecule has 0 aliphatic heterocycles. The third-order valence-electron chi connectivity index (χ3n) is 4.57. The molecule has 1 atom stereocenters. The van der Waals surface area contributed by atoms with E-state index in [1.54, 1.807) is 25.3 Å². The van der Waals surface area contributed by atoms with Crippen molar-refractivity contribution in [2.24, 2.45) is 0 Å². The third-order valence-corrected chi connectivity index (χ3v) is 4.57. The topological polar surface area (TPSA) is 60.2 Å². The second-order valence-corrected chi connectivity index (χ2v) is 6.50. The molecule has 146 valence electrons. The number of benzene rings is 3. The Balaban J connectivity index is 1.64. The van der Waals surface area contributed by atoms with Gasteiger partial charge in [-0.05, 0) is 35.9 Å². The maximum atomic E-state index is 14.5. The Bertz CT molecular complexity index is 1080. The molecular formula is C23H20FN3O2. The first-order valence-corrected chi connectivity index (χ1v) is 9.24. The average molecular weight is 389 g/mol. The number of hydrogen-bond donors (Lipinski definition) is 1. The highest BCUT2D eigenvalue weighted by Crippen LogP contribution is 2.27. The summed E-state index contributed by atoms with van der Waals surface area (Å²) in [7, 11) is 1.62. The van der Waals surface area contributed by atoms with Gasteiger partial charge in [-0.2, -0.15) is 0 Å². The number of halogens is 1. The Labute approximate surface area is 168 Å². The molecule has 0 aliphatic carbocycles. The van der Waals surface area contributed by atoms with Crippen LogP contribution in [0.25, 0.3) is 11.5 Å². The monoisotopic (exact) mass is 389 g/mol. The van der Waals surface area contributed by atoms with E-state index in [0.29, 0.717) is 23.9 Å². The molecule has 0 amide bonds. The molecule has 0 radical (unpaired) electrons. The number of nitrogens with zero attached hydrogens (tertiary/aromatic N) is 2. The van der Waals surface area contributed by atoms with E-state index in [1.807, 2.05) is 54.6 Å². The first-order valence-electron chi connectivity index (χ1n) is 9.24. The summed E-state index contributed by atoms with van der Waals surface area (Å²) in [6.07, 6.45) is 0. The van der Waals surface area contributed by atoms with E-state index in [-0.39, 0.29) is 5.82 Å². The molecule has 0 fully saturated rings. The van der Waals surface area contributed by atoms with Crippen molar-refractivity contribution in [1.29, 1.82) is 0 Å². The number of hydrogen-bond acceptors (Lipinski definition) is 5. The zero-order chi connectivity index (χ0) is 20.1. The summed E-state index contributed by atoms with van der Waals surface area (Å²) in [5.74, 6) is 1.12. The molecule has 1 N–H and O–H groups in total. The van der Waals surface area contributed by atoms with Gasteiger partial charge in [-0.3, -0.25) is 5.32 Å². The molecule has 0 unspecified atom stereocenters. The van der Waals surface area contributed by atoms with E-state index in [1.165, 1.54) is 6.07 Å². The van der Waals surface area contributed by atoms with Gasteiger partial charge in [0.15, 0.2) is 0 Å². The van der Waals surface area contributed by atoms with Gasteiger partial charge in [0, 0.05) is 17.7 Å². The van der Waals surface area contributed by atoms with Crippen LogP contribution in [0.5, 0.6) is 5.75 Å². The van der Waals surface area contributed by atoms with Gasteiger partial charge in [-0.1, -0.05) is 48.5 Å². The number of aromatic nitrogens is 2. The molecule has 4 aromatic rings. The first kappa shape index (κ1) is 18.8. The van der Waals surface area contributed by atoms with Crippen LogP contribution in [-0.2, 0) is 6.54 Å². The Morgan fingerprint density at radius 2 is 1.76 bits per heavy atom. The van der Waals surface area contributed by atoms with Crippen molar-refractivity contribution >= 4 is 0 Å². The zero-order valence-corrected chi connectivity index (χ0v) is 15.9. The van der Waals surface area contributed by atoms with Crippen molar-refractivity contribution in [2.75, 3.05) is 7.11 Å². The molecule has 0 bridgehead atoms. The lowest BCUT2D eigenvalue weighted by Gasteiger charge is -2.16. The molecule has 3 aromatic carbocycles. The van der Waals surface area contributed by atoms with Crippen LogP contribution in [-0.4, -0.2) is 17.3 Å². The fraction of sp³-hybridized carbons (Fsp3) is 0.130. The fourth-order valence-electron chi connectivity index (χ4n) is 3.09. The summed E-state index contributed by atoms with van der Waals surface area (Å²) < 4.78 is 25.7. The average Bonchev–Trinajstić information content (AvgIpc) is 3.26. The second-order valence-electron chi connectivity index (χ2n) is 6.50. The van der Waals surface area contributed by atoms with Crippen LogP contribution in [0.1, 0.15) is 23.1 Å². The van der Waals surface area contributed by atoms with Crippen LogP contribution in [0, 0.1) is 5.82 Å². The molecule has 6 heteroatoms. The number of ether oxygens (including phenoxy) is 1. The summed E-state index contributed by atoms with van der Waals surface area (Å²) in [4.78, 5) is 0. The third kappa shape index (κ3) is 4.33. The first-order chi connectivity index (χ1) is 14.2. The van der Waals surface area contributed by atoms with Crippen molar-refractivity contribution in [1.82, 2.24) is 15.5 Å². The highest BCUT2D eigenvalue weighted by Gasteiger charge is 2.23. The Morgan fingerprint density at radius 3 is 2.55 bits per heavy atom. The van der Waals surface area contributed by atoms with E-state index in [0.717, 1.165) is 16.9 Å². The van der Waals surface area contributed by atoms with E-state index in [2.05, 4.69) is 15.5 Å². The maximum absolute atomic E-state index is 14.5. The lowest BCUT2D eigenvalue weighted by molar-refractivity contribution is 0.412. The van der Waals surface area contributed by atoms with Crippen molar-refractivity contribution < 1.29 is 13.5 Å². The van der Waals surface area contributed by atoms with Gasteiger partial charge < -0.3 is 9.15 Å². The molecule has 1 heterocycles. The summed E-state index contributed by atoms with van der Waals surface area (Å²) in [6.45, 7) is 0.471. The summed E-state index contributed by atoms with van der Waals surface area (Å²) in [6, 6.07) is 23.2. The molecule has 0 aliphatic rings. The van der Waals surface area contributed by atoms with Gasteiger partial charge in [-0.25, -0.2) is 4.39 Å². The van der Waals surface area contributed by atoms with E-state index in [9.17, 15) is 4.39 Å². The van der Waals surface area contributed by atoms with Crippen LogP contribution < -0.4 is 10.1 Å². The lowest BCUT2D eigenvalue weighted by Crippen LogP contribution is -2.23. The summed E-state index contributed by atoms with van der Waals surface area (Å²) >= 11 is 0. The van der Waals surface area contributed by atoms with Gasteiger partial charge in [0.25, 0.3) is 0 Å². The SMILES string of the molecule is COc1cccc(CN[C@H](c2nnc(-c3ccccc3)o2)c2ccccc2F)c1. The number of nitrogens with one attached hydrogen (secondary N) is 1. The van der Waals surface area contributed by atoms with E-state index in [4.69, 9.17) is 9.15 Å². The summed E-state index contributed by atoms with van der Waals surface area (Å²) in [5.41, 5.74) is 2.25. The minimum Gasteiger partial charge on any atom is -0.497 e. The van der Waals surface area contributed by atoms with Gasteiger partial charge in [0.1, 0.15) is 17.6 Å². The number of methoxy groups -OCH3 is 1. The molecule has 0 spiro atoms.